The lowest BCUT2D eigenvalue weighted by atomic mass is 10.3. The number of hydrogen-bond acceptors (Lipinski definition) is 2. The number of ether oxygens (including phenoxy) is 1. The van der Waals surface area contributed by atoms with E-state index in [1.165, 1.54) is 4.90 Å². The molecule has 1 aromatic carbocycles. The van der Waals surface area contributed by atoms with Crippen molar-refractivity contribution < 1.29 is 9.53 Å². The quantitative estimate of drug-likeness (QED) is 0.614. The first-order chi connectivity index (χ1) is 6.56. The smallest absolute Gasteiger partial charge is 0.320 e. The number of nitrogens with zero attached hydrogens (tertiary/aromatic N) is 1. The van der Waals surface area contributed by atoms with Crippen LogP contribution >= 0.6 is 27.5 Å². The normalized spacial score (nSPS) is 9.71. The molecule has 1 aromatic rings. The number of benzene rings is 1. The van der Waals surface area contributed by atoms with E-state index in [0.717, 1.165) is 4.47 Å². The Hall–Kier alpha value is -0.740. The summed E-state index contributed by atoms with van der Waals surface area (Å²) in [7, 11) is 3.18. The molecule has 0 spiro atoms. The molecule has 0 atom stereocenters. The van der Waals surface area contributed by atoms with Crippen molar-refractivity contribution in [1.29, 1.82) is 0 Å². The number of halogens is 2. The molecular weight excluding hydrogens is 269 g/mol. The van der Waals surface area contributed by atoms with E-state index in [1.54, 1.807) is 32.4 Å². The fraction of sp³-hybridized carbons (Fsp3) is 0.222. The van der Waals surface area contributed by atoms with Gasteiger partial charge in [-0.25, -0.2) is 0 Å². The third-order valence-corrected chi connectivity index (χ3v) is 2.66. The number of carbonyl (C=O) groups is 1. The second-order valence-electron chi connectivity index (χ2n) is 2.63. The Bertz CT molecular complexity index is 357. The second-order valence-corrected chi connectivity index (χ2v) is 3.81. The third kappa shape index (κ3) is 2.39. The molecule has 0 saturated carbocycles. The molecule has 0 fully saturated rings. The van der Waals surface area contributed by atoms with Gasteiger partial charge in [0, 0.05) is 12.7 Å². The van der Waals surface area contributed by atoms with Gasteiger partial charge in [-0.1, -0.05) is 0 Å². The van der Waals surface area contributed by atoms with Gasteiger partial charge in [-0.3, -0.25) is 4.79 Å². The van der Waals surface area contributed by atoms with E-state index in [-0.39, 0.29) is 0 Å². The van der Waals surface area contributed by atoms with Crippen LogP contribution in [-0.2, 0) is 0 Å². The van der Waals surface area contributed by atoms with Crippen LogP contribution in [0, 0.1) is 0 Å². The maximum Gasteiger partial charge on any atom is 0.320 e. The zero-order chi connectivity index (χ0) is 10.7. The summed E-state index contributed by atoms with van der Waals surface area (Å²) in [5, 5.41) is -0.526. The van der Waals surface area contributed by atoms with Gasteiger partial charge in [0.2, 0.25) is 0 Å². The molecule has 76 valence electrons. The molecule has 0 bridgehead atoms. The number of rotatable bonds is 2. The van der Waals surface area contributed by atoms with Crippen molar-refractivity contribution in [3.63, 3.8) is 0 Å². The van der Waals surface area contributed by atoms with Crippen molar-refractivity contribution in [2.75, 3.05) is 19.1 Å². The van der Waals surface area contributed by atoms with Crippen LogP contribution in [0.3, 0.4) is 0 Å². The minimum Gasteiger partial charge on any atom is -0.496 e. The number of carbonyl (C=O) groups excluding carboxylic acids is 1. The topological polar surface area (TPSA) is 29.5 Å². The Morgan fingerprint density at radius 3 is 2.64 bits per heavy atom. The Morgan fingerprint density at radius 1 is 1.57 bits per heavy atom. The molecule has 0 aliphatic heterocycles. The van der Waals surface area contributed by atoms with E-state index in [0.29, 0.717) is 11.4 Å². The summed E-state index contributed by atoms with van der Waals surface area (Å²) in [5.74, 6) is 0.712. The van der Waals surface area contributed by atoms with E-state index in [4.69, 9.17) is 16.3 Å². The van der Waals surface area contributed by atoms with Crippen molar-refractivity contribution >= 4 is 38.6 Å². The van der Waals surface area contributed by atoms with Crippen molar-refractivity contribution in [2.24, 2.45) is 0 Å². The fourth-order valence-corrected chi connectivity index (χ4v) is 1.59. The number of hydrogen-bond donors (Lipinski definition) is 0. The van der Waals surface area contributed by atoms with Gasteiger partial charge in [0.05, 0.1) is 11.6 Å². The molecular formula is C9H9BrClNO2. The largest absolute Gasteiger partial charge is 0.496 e. The van der Waals surface area contributed by atoms with Crippen molar-refractivity contribution in [2.45, 2.75) is 0 Å². The summed E-state index contributed by atoms with van der Waals surface area (Å²) >= 11 is 8.65. The molecule has 5 heteroatoms. The molecule has 0 heterocycles. The van der Waals surface area contributed by atoms with Gasteiger partial charge in [-0.15, -0.1) is 0 Å². The zero-order valence-corrected chi connectivity index (χ0v) is 10.1. The number of methoxy groups -OCH3 is 1. The van der Waals surface area contributed by atoms with Crippen LogP contribution < -0.4 is 9.64 Å². The maximum absolute atomic E-state index is 10.9. The highest BCUT2D eigenvalue weighted by atomic mass is 79.9. The fourth-order valence-electron chi connectivity index (χ4n) is 0.965. The SMILES string of the molecule is COc1ccc(N(C)C(=O)Cl)cc1Br. The van der Waals surface area contributed by atoms with Crippen LogP contribution in [0.15, 0.2) is 22.7 Å². The highest BCUT2D eigenvalue weighted by molar-refractivity contribution is 9.10. The van der Waals surface area contributed by atoms with E-state index in [1.807, 2.05) is 0 Å². The lowest BCUT2D eigenvalue weighted by molar-refractivity contribution is 0.265. The van der Waals surface area contributed by atoms with Crippen LogP contribution in [0.4, 0.5) is 10.5 Å². The van der Waals surface area contributed by atoms with Gasteiger partial charge < -0.3 is 9.64 Å². The predicted octanol–water partition coefficient (Wildman–Crippen LogP) is 3.25. The average Bonchev–Trinajstić information content (AvgIpc) is 2.16. The van der Waals surface area contributed by atoms with E-state index < -0.39 is 5.37 Å². The number of anilines is 1. The molecule has 0 aromatic heterocycles. The van der Waals surface area contributed by atoms with E-state index >= 15 is 0 Å². The lowest BCUT2D eigenvalue weighted by Gasteiger charge is -2.14. The Labute approximate surface area is 95.7 Å². The Balaban J connectivity index is 3.02. The summed E-state index contributed by atoms with van der Waals surface area (Å²) in [5.41, 5.74) is 0.706. The number of amides is 1. The summed E-state index contributed by atoms with van der Waals surface area (Å²) in [6.07, 6.45) is 0. The lowest BCUT2D eigenvalue weighted by Crippen LogP contribution is -2.19. The summed E-state index contributed by atoms with van der Waals surface area (Å²) in [4.78, 5) is 12.2. The van der Waals surface area contributed by atoms with Crippen LogP contribution in [0.5, 0.6) is 5.75 Å². The molecule has 14 heavy (non-hydrogen) atoms. The minimum absolute atomic E-state index is 0.526. The zero-order valence-electron chi connectivity index (χ0n) is 7.75. The van der Waals surface area contributed by atoms with Crippen LogP contribution in [0.25, 0.3) is 0 Å². The maximum atomic E-state index is 10.9. The molecule has 1 rings (SSSR count). The van der Waals surface area contributed by atoms with Gasteiger partial charge in [0.1, 0.15) is 5.75 Å². The van der Waals surface area contributed by atoms with Gasteiger partial charge in [0.25, 0.3) is 0 Å². The molecule has 0 aliphatic carbocycles. The minimum atomic E-state index is -0.526. The van der Waals surface area contributed by atoms with Gasteiger partial charge in [-0.05, 0) is 45.7 Å². The summed E-state index contributed by atoms with van der Waals surface area (Å²) in [6.45, 7) is 0. The molecule has 3 nitrogen and oxygen atoms in total. The summed E-state index contributed by atoms with van der Waals surface area (Å²) in [6, 6.07) is 5.28. The average molecular weight is 279 g/mol. The summed E-state index contributed by atoms with van der Waals surface area (Å²) < 4.78 is 5.84. The van der Waals surface area contributed by atoms with Crippen LogP contribution in [0.2, 0.25) is 0 Å². The molecule has 0 saturated heterocycles. The van der Waals surface area contributed by atoms with Crippen molar-refractivity contribution in [3.05, 3.63) is 22.7 Å². The highest BCUT2D eigenvalue weighted by Gasteiger charge is 2.09. The van der Waals surface area contributed by atoms with Crippen molar-refractivity contribution in [3.8, 4) is 5.75 Å². The van der Waals surface area contributed by atoms with Crippen molar-refractivity contribution in [1.82, 2.24) is 0 Å². The predicted molar refractivity (Wildman–Crippen MR) is 60.3 cm³/mol. The monoisotopic (exact) mass is 277 g/mol. The molecule has 0 aliphatic rings. The van der Waals surface area contributed by atoms with Gasteiger partial charge in [-0.2, -0.15) is 0 Å². The Kier molecular flexibility index (Phi) is 3.77. The Morgan fingerprint density at radius 2 is 2.21 bits per heavy atom. The van der Waals surface area contributed by atoms with E-state index in [9.17, 15) is 4.79 Å². The molecule has 0 N–H and O–H groups in total. The standard InChI is InChI=1S/C9H9BrClNO2/c1-12(9(11)13)6-3-4-8(14-2)7(10)5-6/h3-5H,1-2H3. The highest BCUT2D eigenvalue weighted by Crippen LogP contribution is 2.29. The second kappa shape index (κ2) is 4.66. The van der Waals surface area contributed by atoms with Crippen LogP contribution in [-0.4, -0.2) is 19.5 Å². The first kappa shape index (κ1) is 11.3. The van der Waals surface area contributed by atoms with E-state index in [2.05, 4.69) is 15.9 Å². The third-order valence-electron chi connectivity index (χ3n) is 1.79. The molecule has 0 radical (unpaired) electrons. The molecule has 0 unspecified atom stereocenters. The first-order valence-electron chi connectivity index (χ1n) is 3.83. The molecule has 1 amide bonds. The van der Waals surface area contributed by atoms with Gasteiger partial charge in [0.15, 0.2) is 0 Å². The van der Waals surface area contributed by atoms with Crippen LogP contribution in [0.1, 0.15) is 0 Å². The van der Waals surface area contributed by atoms with Gasteiger partial charge >= 0.3 is 5.37 Å². The first-order valence-corrected chi connectivity index (χ1v) is 5.00.